The molecule has 0 radical (unpaired) electrons. The quantitative estimate of drug-likeness (QED) is 0.327. The van der Waals surface area contributed by atoms with Crippen molar-refractivity contribution >= 4 is 28.9 Å². The van der Waals surface area contributed by atoms with Crippen molar-refractivity contribution in [2.24, 2.45) is 0 Å². The van der Waals surface area contributed by atoms with Crippen LogP contribution in [0.25, 0.3) is 5.69 Å². The van der Waals surface area contributed by atoms with Gasteiger partial charge < -0.3 is 0 Å². The maximum Gasteiger partial charge on any atom is 0.196 e. The molecule has 8 heteroatoms. The molecule has 3 aromatic rings. The van der Waals surface area contributed by atoms with Crippen LogP contribution in [0.3, 0.4) is 0 Å². The highest BCUT2D eigenvalue weighted by molar-refractivity contribution is 7.99. The molecule has 0 amide bonds. The summed E-state index contributed by atoms with van der Waals surface area (Å²) in [6.07, 6.45) is 4.57. The van der Waals surface area contributed by atoms with Crippen LogP contribution in [-0.2, 0) is 6.42 Å². The average molecular weight is 459 g/mol. The molecule has 0 spiro atoms. The smallest absolute Gasteiger partial charge is 0.196 e. The van der Waals surface area contributed by atoms with Crippen LogP contribution in [0.15, 0.2) is 41.6 Å². The minimum Gasteiger partial charge on any atom is -0.294 e. The second-order valence-electron chi connectivity index (χ2n) is 7.76. The molecule has 2 aromatic heterocycles. The van der Waals surface area contributed by atoms with Crippen molar-refractivity contribution in [3.8, 4) is 5.69 Å². The van der Waals surface area contributed by atoms with Gasteiger partial charge in [-0.05, 0) is 75.7 Å². The highest BCUT2D eigenvalue weighted by Gasteiger charge is 2.26. The predicted octanol–water partition coefficient (Wildman–Crippen LogP) is 5.55. The van der Waals surface area contributed by atoms with Crippen molar-refractivity contribution in [3.63, 3.8) is 0 Å². The SMILES string of the molecule is CCc1ccc(C(=O)CSc2nnc(C(C)N3CCCCC3)n2-c2ccc(F)cc2)s1. The van der Waals surface area contributed by atoms with Crippen molar-refractivity contribution in [1.29, 1.82) is 0 Å². The first-order chi connectivity index (χ1) is 15.1. The fourth-order valence-corrected chi connectivity index (χ4v) is 5.68. The Labute approximate surface area is 190 Å². The zero-order valence-electron chi connectivity index (χ0n) is 17.9. The first-order valence-corrected chi connectivity index (χ1v) is 12.6. The third-order valence-corrected chi connectivity index (χ3v) is 7.87. The van der Waals surface area contributed by atoms with E-state index in [9.17, 15) is 9.18 Å². The number of hydrogen-bond acceptors (Lipinski definition) is 6. The average Bonchev–Trinajstić information content (AvgIpc) is 3.45. The van der Waals surface area contributed by atoms with Gasteiger partial charge in [0.15, 0.2) is 16.8 Å². The van der Waals surface area contributed by atoms with E-state index in [-0.39, 0.29) is 17.6 Å². The van der Waals surface area contributed by atoms with Crippen LogP contribution in [0.1, 0.15) is 59.5 Å². The Balaban J connectivity index is 1.59. The highest BCUT2D eigenvalue weighted by Crippen LogP contribution is 2.30. The standard InChI is InChI=1S/C23H27FN4OS2/c1-3-19-11-12-21(31-19)20(29)15-30-23-26-25-22(16(2)27-13-5-4-6-14-27)28(23)18-9-7-17(24)8-10-18/h7-12,16H,3-6,13-15H2,1-2H3. The molecule has 0 saturated carbocycles. The molecular formula is C23H27FN4OS2. The van der Waals surface area contributed by atoms with Crippen LogP contribution >= 0.6 is 23.1 Å². The van der Waals surface area contributed by atoms with Gasteiger partial charge in [0.1, 0.15) is 5.82 Å². The van der Waals surface area contributed by atoms with Crippen molar-refractivity contribution < 1.29 is 9.18 Å². The molecule has 3 heterocycles. The molecule has 1 saturated heterocycles. The van der Waals surface area contributed by atoms with Crippen molar-refractivity contribution in [2.45, 2.75) is 50.7 Å². The number of hydrogen-bond donors (Lipinski definition) is 0. The van der Waals surface area contributed by atoms with Crippen LogP contribution < -0.4 is 0 Å². The molecule has 1 aromatic carbocycles. The third kappa shape index (κ3) is 5.07. The number of nitrogens with zero attached hydrogens (tertiary/aromatic N) is 4. The number of aryl methyl sites for hydroxylation is 1. The summed E-state index contributed by atoms with van der Waals surface area (Å²) in [7, 11) is 0. The Hall–Kier alpha value is -2.03. The molecule has 1 aliphatic rings. The van der Waals surface area contributed by atoms with E-state index in [0.717, 1.165) is 35.9 Å². The number of piperidine rings is 1. The second-order valence-corrected chi connectivity index (χ2v) is 9.87. The number of thioether (sulfide) groups is 1. The number of Topliss-reactive ketones (excluding diaryl/α,β-unsaturated/α-hetero) is 1. The number of halogens is 1. The topological polar surface area (TPSA) is 51.0 Å². The van der Waals surface area contributed by atoms with Crippen LogP contribution in [0, 0.1) is 5.82 Å². The number of likely N-dealkylation sites (tertiary alicyclic amines) is 1. The van der Waals surface area contributed by atoms with E-state index in [1.54, 1.807) is 23.5 Å². The number of rotatable bonds is 8. The lowest BCUT2D eigenvalue weighted by atomic mass is 10.1. The number of benzene rings is 1. The number of carbonyl (C=O) groups excluding carboxylic acids is 1. The zero-order valence-corrected chi connectivity index (χ0v) is 19.5. The Kier molecular flexibility index (Phi) is 7.20. The molecule has 164 valence electrons. The van der Waals surface area contributed by atoms with Gasteiger partial charge in [-0.25, -0.2) is 4.39 Å². The maximum absolute atomic E-state index is 13.6. The molecule has 1 aliphatic heterocycles. The van der Waals surface area contributed by atoms with Gasteiger partial charge >= 0.3 is 0 Å². The summed E-state index contributed by atoms with van der Waals surface area (Å²) in [4.78, 5) is 17.1. The summed E-state index contributed by atoms with van der Waals surface area (Å²) in [5.41, 5.74) is 0.810. The lowest BCUT2D eigenvalue weighted by molar-refractivity contribution is 0.102. The Morgan fingerprint density at radius 2 is 1.87 bits per heavy atom. The third-order valence-electron chi connectivity index (χ3n) is 5.67. The number of carbonyl (C=O) groups is 1. The van der Waals surface area contributed by atoms with Gasteiger partial charge in [0.05, 0.1) is 16.7 Å². The monoisotopic (exact) mass is 458 g/mol. The van der Waals surface area contributed by atoms with Crippen molar-refractivity contribution in [3.05, 3.63) is 57.8 Å². The van der Waals surface area contributed by atoms with Crippen LogP contribution in [-0.4, -0.2) is 44.3 Å². The van der Waals surface area contributed by atoms with Crippen LogP contribution in [0.2, 0.25) is 0 Å². The first-order valence-electron chi connectivity index (χ1n) is 10.8. The second kappa shape index (κ2) is 10.1. The zero-order chi connectivity index (χ0) is 21.8. The van der Waals surface area contributed by atoms with Gasteiger partial charge in [-0.1, -0.05) is 25.1 Å². The maximum atomic E-state index is 13.6. The van der Waals surface area contributed by atoms with Gasteiger partial charge in [0, 0.05) is 10.6 Å². The van der Waals surface area contributed by atoms with E-state index in [1.165, 1.54) is 48.0 Å². The van der Waals surface area contributed by atoms with Gasteiger partial charge in [0.25, 0.3) is 0 Å². The molecule has 0 aliphatic carbocycles. The lowest BCUT2D eigenvalue weighted by Crippen LogP contribution is -2.33. The van der Waals surface area contributed by atoms with Crippen molar-refractivity contribution in [1.82, 2.24) is 19.7 Å². The van der Waals surface area contributed by atoms with E-state index in [4.69, 9.17) is 0 Å². The van der Waals surface area contributed by atoms with Gasteiger partial charge in [0.2, 0.25) is 0 Å². The van der Waals surface area contributed by atoms with Gasteiger partial charge in [-0.2, -0.15) is 0 Å². The lowest BCUT2D eigenvalue weighted by Gasteiger charge is -2.31. The molecule has 0 bridgehead atoms. The van der Waals surface area contributed by atoms with Crippen LogP contribution in [0.5, 0.6) is 0 Å². The highest BCUT2D eigenvalue weighted by atomic mass is 32.2. The minimum atomic E-state index is -0.281. The van der Waals surface area contributed by atoms with E-state index in [0.29, 0.717) is 10.9 Å². The molecule has 1 unspecified atom stereocenters. The van der Waals surface area contributed by atoms with Gasteiger partial charge in [-0.15, -0.1) is 21.5 Å². The number of aromatic nitrogens is 3. The molecular weight excluding hydrogens is 431 g/mol. The van der Waals surface area contributed by atoms with Gasteiger partial charge in [-0.3, -0.25) is 14.3 Å². The number of thiophene rings is 1. The van der Waals surface area contributed by atoms with Crippen LogP contribution in [0.4, 0.5) is 4.39 Å². The Morgan fingerprint density at radius 1 is 1.13 bits per heavy atom. The predicted molar refractivity (Wildman–Crippen MR) is 124 cm³/mol. The Bertz CT molecular complexity index is 1020. The number of ketones is 1. The molecule has 1 fully saturated rings. The minimum absolute atomic E-state index is 0.0901. The Morgan fingerprint density at radius 3 is 2.55 bits per heavy atom. The van der Waals surface area contributed by atoms with E-state index < -0.39 is 0 Å². The van der Waals surface area contributed by atoms with E-state index in [1.807, 2.05) is 16.7 Å². The fraction of sp³-hybridized carbons (Fsp3) is 0.435. The largest absolute Gasteiger partial charge is 0.294 e. The molecule has 0 N–H and O–H groups in total. The molecule has 1 atom stereocenters. The molecule has 5 nitrogen and oxygen atoms in total. The summed E-state index contributed by atoms with van der Waals surface area (Å²) >= 11 is 2.94. The summed E-state index contributed by atoms with van der Waals surface area (Å²) in [6, 6.07) is 10.4. The normalized spacial score (nSPS) is 15.8. The summed E-state index contributed by atoms with van der Waals surface area (Å²) in [5.74, 6) is 0.930. The fourth-order valence-electron chi connectivity index (χ4n) is 3.87. The van der Waals surface area contributed by atoms with E-state index in [2.05, 4.69) is 28.9 Å². The van der Waals surface area contributed by atoms with E-state index >= 15 is 0 Å². The summed E-state index contributed by atoms with van der Waals surface area (Å²) in [5, 5.41) is 9.59. The molecule has 4 rings (SSSR count). The summed E-state index contributed by atoms with van der Waals surface area (Å²) < 4.78 is 15.5. The van der Waals surface area contributed by atoms with Crippen molar-refractivity contribution in [2.75, 3.05) is 18.8 Å². The summed E-state index contributed by atoms with van der Waals surface area (Å²) in [6.45, 7) is 6.31. The molecule has 31 heavy (non-hydrogen) atoms. The first kappa shape index (κ1) is 22.2.